The summed E-state index contributed by atoms with van der Waals surface area (Å²) in [5.74, 6) is 1.01. The number of hydrogen-bond acceptors (Lipinski definition) is 4. The van der Waals surface area contributed by atoms with E-state index >= 15 is 0 Å². The van der Waals surface area contributed by atoms with E-state index < -0.39 is 11.5 Å². The zero-order valence-electron chi connectivity index (χ0n) is 23.0. The van der Waals surface area contributed by atoms with Gasteiger partial charge in [-0.15, -0.1) is 0 Å². The quantitative estimate of drug-likeness (QED) is 0.495. The van der Waals surface area contributed by atoms with Gasteiger partial charge in [0.2, 0.25) is 0 Å². The van der Waals surface area contributed by atoms with Gasteiger partial charge in [-0.25, -0.2) is 0 Å². The monoisotopic (exact) mass is 474 g/mol. The molecular weight excluding hydrogens is 424 g/mol. The highest BCUT2D eigenvalue weighted by molar-refractivity contribution is 5.85. The molecule has 0 bridgehead atoms. The van der Waals surface area contributed by atoms with E-state index in [-0.39, 0.29) is 45.4 Å². The molecule has 0 aromatic carbocycles. The second-order valence-corrected chi connectivity index (χ2v) is 15.3. The van der Waals surface area contributed by atoms with Crippen molar-refractivity contribution < 1.29 is 19.7 Å². The molecule has 1 aliphatic heterocycles. The molecule has 4 aliphatic carbocycles. The van der Waals surface area contributed by atoms with Crippen LogP contribution in [0.25, 0.3) is 0 Å². The molecule has 5 rings (SSSR count). The Labute approximate surface area is 207 Å². The first-order valence-electron chi connectivity index (χ1n) is 14.1. The Balaban J connectivity index is 1.55. The summed E-state index contributed by atoms with van der Waals surface area (Å²) in [4.78, 5) is 14.0. The van der Waals surface area contributed by atoms with E-state index in [1.807, 2.05) is 0 Å². The summed E-state index contributed by atoms with van der Waals surface area (Å²) in [6.45, 7) is 18.0. The lowest BCUT2D eigenvalue weighted by molar-refractivity contribution is -0.249. The van der Waals surface area contributed by atoms with Gasteiger partial charge in [0.15, 0.2) is 0 Å². The number of carbonyl (C=O) groups is 1. The number of rotatable bonds is 1. The molecule has 0 aromatic rings. The Morgan fingerprint density at radius 3 is 2.18 bits per heavy atom. The Morgan fingerprint density at radius 2 is 1.53 bits per heavy atom. The zero-order valence-corrected chi connectivity index (χ0v) is 23.0. The van der Waals surface area contributed by atoms with Gasteiger partial charge in [0.1, 0.15) is 5.78 Å². The molecule has 1 heterocycles. The van der Waals surface area contributed by atoms with E-state index in [0.717, 1.165) is 44.9 Å². The molecule has 5 aliphatic rings. The van der Waals surface area contributed by atoms with Crippen molar-refractivity contribution in [2.24, 2.45) is 45.3 Å². The van der Waals surface area contributed by atoms with Crippen molar-refractivity contribution in [2.45, 2.75) is 137 Å². The molecule has 194 valence electrons. The van der Waals surface area contributed by atoms with Crippen molar-refractivity contribution in [3.05, 3.63) is 0 Å². The van der Waals surface area contributed by atoms with E-state index in [2.05, 4.69) is 55.4 Å². The van der Waals surface area contributed by atoms with E-state index in [0.29, 0.717) is 24.0 Å². The van der Waals surface area contributed by atoms with Crippen LogP contribution in [0.1, 0.15) is 113 Å². The van der Waals surface area contributed by atoms with Crippen LogP contribution in [0.3, 0.4) is 0 Å². The maximum absolute atomic E-state index is 14.0. The first-order valence-corrected chi connectivity index (χ1v) is 14.1. The van der Waals surface area contributed by atoms with Crippen LogP contribution >= 0.6 is 0 Å². The number of Topliss-reactive ketones (excluding diaryl/α,β-unsaturated/α-hetero) is 1. The largest absolute Gasteiger partial charge is 0.393 e. The van der Waals surface area contributed by atoms with E-state index in [4.69, 9.17) is 4.74 Å². The SMILES string of the molecule is CC1(C)CCC[C@](C)([C@H]2CC[C@]3(C)[C@@H]2[C@H](O)C[C@@H]2[C@@]4(C)CC[C@H](O)C(C)(C)[C@@H]4C(=O)C[C@]23C)O1. The van der Waals surface area contributed by atoms with E-state index in [1.165, 1.54) is 6.42 Å². The van der Waals surface area contributed by atoms with Crippen LogP contribution in [0.15, 0.2) is 0 Å². The highest BCUT2D eigenvalue weighted by Crippen LogP contribution is 2.75. The number of carbonyl (C=O) groups excluding carboxylic acids is 1. The molecule has 4 heteroatoms. The van der Waals surface area contributed by atoms with Crippen LogP contribution in [0.4, 0.5) is 0 Å². The highest BCUT2D eigenvalue weighted by atomic mass is 16.5. The fourth-order valence-electron chi connectivity index (χ4n) is 11.1. The van der Waals surface area contributed by atoms with Crippen LogP contribution in [0.2, 0.25) is 0 Å². The van der Waals surface area contributed by atoms with Crippen LogP contribution in [0, 0.1) is 45.3 Å². The van der Waals surface area contributed by atoms with Crippen LogP contribution < -0.4 is 0 Å². The average Bonchev–Trinajstić information content (AvgIpc) is 3.07. The van der Waals surface area contributed by atoms with Gasteiger partial charge in [0.05, 0.1) is 23.4 Å². The molecule has 5 fully saturated rings. The predicted molar refractivity (Wildman–Crippen MR) is 134 cm³/mol. The van der Waals surface area contributed by atoms with Gasteiger partial charge in [-0.2, -0.15) is 0 Å². The molecule has 0 spiro atoms. The van der Waals surface area contributed by atoms with Crippen molar-refractivity contribution >= 4 is 5.78 Å². The summed E-state index contributed by atoms with van der Waals surface area (Å²) < 4.78 is 6.82. The van der Waals surface area contributed by atoms with Crippen LogP contribution in [-0.2, 0) is 9.53 Å². The van der Waals surface area contributed by atoms with E-state index in [9.17, 15) is 15.0 Å². The minimum absolute atomic E-state index is 0.0855. The second kappa shape index (κ2) is 7.32. The molecule has 0 aromatic heterocycles. The number of aliphatic hydroxyl groups is 2. The van der Waals surface area contributed by atoms with Crippen molar-refractivity contribution in [3.8, 4) is 0 Å². The van der Waals surface area contributed by atoms with Gasteiger partial charge in [0.25, 0.3) is 0 Å². The van der Waals surface area contributed by atoms with Gasteiger partial charge >= 0.3 is 0 Å². The minimum Gasteiger partial charge on any atom is -0.393 e. The smallest absolute Gasteiger partial charge is 0.137 e. The molecule has 4 nitrogen and oxygen atoms in total. The Morgan fingerprint density at radius 1 is 0.853 bits per heavy atom. The topological polar surface area (TPSA) is 66.8 Å². The molecule has 0 amide bonds. The lowest BCUT2D eigenvalue weighted by Gasteiger charge is -2.69. The van der Waals surface area contributed by atoms with Crippen molar-refractivity contribution in [2.75, 3.05) is 0 Å². The van der Waals surface area contributed by atoms with Crippen molar-refractivity contribution in [3.63, 3.8) is 0 Å². The Hall–Kier alpha value is -0.450. The normalized spacial score (nSPS) is 56.4. The molecule has 10 atom stereocenters. The van der Waals surface area contributed by atoms with Crippen LogP contribution in [0.5, 0.6) is 0 Å². The Kier molecular flexibility index (Phi) is 5.42. The van der Waals surface area contributed by atoms with Gasteiger partial charge < -0.3 is 14.9 Å². The summed E-state index contributed by atoms with van der Waals surface area (Å²) in [7, 11) is 0. The fraction of sp³-hybridized carbons (Fsp3) is 0.967. The molecule has 2 N–H and O–H groups in total. The third-order valence-corrected chi connectivity index (χ3v) is 12.7. The van der Waals surface area contributed by atoms with Gasteiger partial charge in [0, 0.05) is 17.8 Å². The maximum Gasteiger partial charge on any atom is 0.137 e. The molecular formula is C30H50O4. The van der Waals surface area contributed by atoms with Gasteiger partial charge in [-0.05, 0) is 106 Å². The molecule has 0 unspecified atom stereocenters. The predicted octanol–water partition coefficient (Wildman–Crippen LogP) is 5.92. The third-order valence-electron chi connectivity index (χ3n) is 12.7. The number of aliphatic hydroxyl groups excluding tert-OH is 2. The lowest BCUT2D eigenvalue weighted by atomic mass is 9.34. The Bertz CT molecular complexity index is 864. The summed E-state index contributed by atoms with van der Waals surface area (Å²) in [5.41, 5.74) is -1.14. The second-order valence-electron chi connectivity index (χ2n) is 15.3. The number of ketones is 1. The summed E-state index contributed by atoms with van der Waals surface area (Å²) in [5, 5.41) is 22.8. The van der Waals surface area contributed by atoms with Gasteiger partial charge in [-0.1, -0.05) is 34.6 Å². The fourth-order valence-corrected chi connectivity index (χ4v) is 11.1. The maximum atomic E-state index is 14.0. The summed E-state index contributed by atoms with van der Waals surface area (Å²) in [6, 6.07) is 0. The van der Waals surface area contributed by atoms with Crippen LogP contribution in [-0.4, -0.2) is 39.4 Å². The number of hydrogen-bond donors (Lipinski definition) is 2. The third kappa shape index (κ3) is 3.09. The van der Waals surface area contributed by atoms with E-state index in [1.54, 1.807) is 0 Å². The summed E-state index contributed by atoms with van der Waals surface area (Å²) >= 11 is 0. The first-order chi connectivity index (χ1) is 15.5. The first kappa shape index (κ1) is 25.2. The average molecular weight is 475 g/mol. The number of fused-ring (bicyclic) bond motifs is 5. The molecule has 34 heavy (non-hydrogen) atoms. The van der Waals surface area contributed by atoms with Crippen molar-refractivity contribution in [1.82, 2.24) is 0 Å². The van der Waals surface area contributed by atoms with Gasteiger partial charge in [-0.3, -0.25) is 4.79 Å². The number of ether oxygens (including phenoxy) is 1. The summed E-state index contributed by atoms with van der Waals surface area (Å²) in [6.07, 6.45) is 7.66. The molecule has 1 saturated heterocycles. The molecule has 0 radical (unpaired) electrons. The minimum atomic E-state index is -0.432. The highest BCUT2D eigenvalue weighted by Gasteiger charge is 2.73. The lowest BCUT2D eigenvalue weighted by Crippen LogP contribution is -2.69. The molecule has 4 saturated carbocycles. The van der Waals surface area contributed by atoms with Crippen molar-refractivity contribution in [1.29, 1.82) is 0 Å². The zero-order chi connectivity index (χ0) is 25.1. The standard InChI is InChI=1S/C30H50O4/c1-25(2)12-9-13-30(8,34-25)18-10-15-28(6)23(18)19(31)16-21-27(5)14-11-22(33)26(3,4)24(27)20(32)17-29(21,28)7/h18-19,21-24,31,33H,9-17H2,1-8H3/t18-,19+,21+,22-,23-,24-,27+,28+,29+,30+/m0/s1.